The van der Waals surface area contributed by atoms with Gasteiger partial charge in [0.1, 0.15) is 0 Å². The number of hydrogen-bond donors (Lipinski definition) is 2. The van der Waals surface area contributed by atoms with E-state index in [1.54, 1.807) is 0 Å². The number of amides is 1. The van der Waals surface area contributed by atoms with E-state index in [1.807, 2.05) is 30.3 Å². The van der Waals surface area contributed by atoms with Gasteiger partial charge in [-0.3, -0.25) is 14.4 Å². The second-order valence-corrected chi connectivity index (χ2v) is 4.63. The van der Waals surface area contributed by atoms with E-state index in [-0.39, 0.29) is 31.1 Å². The third-order valence-electron chi connectivity index (χ3n) is 2.93. The molecule has 0 fully saturated rings. The topological polar surface area (TPSA) is 98.5 Å². The zero-order valence-corrected chi connectivity index (χ0v) is 12.0. The Hall–Kier alpha value is -2.21. The third kappa shape index (κ3) is 6.67. The smallest absolute Gasteiger partial charge is 0.305 e. The van der Waals surface area contributed by atoms with Gasteiger partial charge in [-0.25, -0.2) is 0 Å². The highest BCUT2D eigenvalue weighted by atomic mass is 16.5. The van der Waals surface area contributed by atoms with Crippen molar-refractivity contribution in [1.29, 1.82) is 0 Å². The first-order chi connectivity index (χ1) is 10.0. The average Bonchev–Trinajstić information content (AvgIpc) is 2.50. The summed E-state index contributed by atoms with van der Waals surface area (Å²) in [6.45, 7) is -0.127. The second kappa shape index (κ2) is 8.86. The van der Waals surface area contributed by atoms with Crippen LogP contribution in [0.1, 0.15) is 18.4 Å². The number of hydrogen-bond acceptors (Lipinski definition) is 5. The molecule has 114 valence electrons. The molecule has 0 aromatic heterocycles. The summed E-state index contributed by atoms with van der Waals surface area (Å²) in [6, 6.07) is 8.69. The number of nitrogens with one attached hydrogen (secondary N) is 1. The minimum absolute atomic E-state index is 0.0152. The van der Waals surface area contributed by atoms with Gasteiger partial charge in [0.25, 0.3) is 0 Å². The maximum absolute atomic E-state index is 11.8. The van der Waals surface area contributed by atoms with Crippen molar-refractivity contribution in [3.05, 3.63) is 35.9 Å². The molecule has 0 spiro atoms. The SMILES string of the molecule is COC(=O)CCC(=O)CNC(=O)[C@@H](N)Cc1ccccc1. The number of carbonyl (C=O) groups excluding carboxylic acids is 3. The Labute approximate surface area is 123 Å². The molecule has 0 aliphatic carbocycles. The number of ketones is 1. The van der Waals surface area contributed by atoms with Crippen LogP contribution in [0.4, 0.5) is 0 Å². The van der Waals surface area contributed by atoms with Crippen LogP contribution in [0.2, 0.25) is 0 Å². The number of benzene rings is 1. The van der Waals surface area contributed by atoms with Gasteiger partial charge in [0.2, 0.25) is 5.91 Å². The molecule has 21 heavy (non-hydrogen) atoms. The van der Waals surface area contributed by atoms with Crippen LogP contribution in [0.3, 0.4) is 0 Å². The van der Waals surface area contributed by atoms with Crippen molar-refractivity contribution >= 4 is 17.7 Å². The number of carbonyl (C=O) groups is 3. The summed E-state index contributed by atoms with van der Waals surface area (Å²) >= 11 is 0. The molecule has 1 aromatic rings. The highest BCUT2D eigenvalue weighted by Crippen LogP contribution is 2.01. The first kappa shape index (κ1) is 16.8. The van der Waals surface area contributed by atoms with Crippen LogP contribution < -0.4 is 11.1 Å². The summed E-state index contributed by atoms with van der Waals surface area (Å²) in [7, 11) is 1.26. The fourth-order valence-electron chi connectivity index (χ4n) is 1.71. The molecule has 0 radical (unpaired) electrons. The van der Waals surface area contributed by atoms with Crippen LogP contribution in [0.25, 0.3) is 0 Å². The van der Waals surface area contributed by atoms with Gasteiger partial charge >= 0.3 is 5.97 Å². The Morgan fingerprint density at radius 1 is 1.19 bits per heavy atom. The largest absolute Gasteiger partial charge is 0.469 e. The maximum atomic E-state index is 11.8. The summed E-state index contributed by atoms with van der Waals surface area (Å²) in [5, 5.41) is 2.48. The third-order valence-corrected chi connectivity index (χ3v) is 2.93. The Bertz CT molecular complexity index is 488. The van der Waals surface area contributed by atoms with Crippen molar-refractivity contribution in [3.8, 4) is 0 Å². The van der Waals surface area contributed by atoms with E-state index in [0.717, 1.165) is 5.56 Å². The Morgan fingerprint density at radius 2 is 1.86 bits per heavy atom. The van der Waals surface area contributed by atoms with Crippen molar-refractivity contribution in [2.24, 2.45) is 5.73 Å². The molecule has 0 aliphatic rings. The predicted molar refractivity (Wildman–Crippen MR) is 77.4 cm³/mol. The Morgan fingerprint density at radius 3 is 2.48 bits per heavy atom. The lowest BCUT2D eigenvalue weighted by molar-refractivity contribution is -0.141. The lowest BCUT2D eigenvalue weighted by Gasteiger charge is -2.11. The number of methoxy groups -OCH3 is 1. The quantitative estimate of drug-likeness (QED) is 0.667. The van der Waals surface area contributed by atoms with Gasteiger partial charge < -0.3 is 15.8 Å². The summed E-state index contributed by atoms with van der Waals surface area (Å²) in [4.78, 5) is 34.1. The van der Waals surface area contributed by atoms with Gasteiger partial charge in [0.05, 0.1) is 26.1 Å². The van der Waals surface area contributed by atoms with E-state index in [0.29, 0.717) is 6.42 Å². The predicted octanol–water partition coefficient (Wildman–Crippen LogP) is 0.195. The van der Waals surface area contributed by atoms with Crippen molar-refractivity contribution in [2.45, 2.75) is 25.3 Å². The fraction of sp³-hybridized carbons (Fsp3) is 0.400. The first-order valence-electron chi connectivity index (χ1n) is 6.68. The lowest BCUT2D eigenvalue weighted by atomic mass is 10.1. The van der Waals surface area contributed by atoms with Crippen LogP contribution in [-0.4, -0.2) is 37.4 Å². The molecule has 6 heteroatoms. The zero-order valence-electron chi connectivity index (χ0n) is 12.0. The standard InChI is InChI=1S/C15H20N2O4/c1-21-14(19)8-7-12(18)10-17-15(20)13(16)9-11-5-3-2-4-6-11/h2-6,13H,7-10,16H2,1H3,(H,17,20)/t13-/m0/s1. The van der Waals surface area contributed by atoms with Crippen LogP contribution in [0.15, 0.2) is 30.3 Å². The van der Waals surface area contributed by atoms with E-state index >= 15 is 0 Å². The second-order valence-electron chi connectivity index (χ2n) is 4.63. The van der Waals surface area contributed by atoms with Crippen molar-refractivity contribution in [3.63, 3.8) is 0 Å². The molecule has 1 amide bonds. The highest BCUT2D eigenvalue weighted by Gasteiger charge is 2.15. The Balaban J connectivity index is 2.29. The van der Waals surface area contributed by atoms with Crippen molar-refractivity contribution in [1.82, 2.24) is 5.32 Å². The molecule has 1 rings (SSSR count). The monoisotopic (exact) mass is 292 g/mol. The maximum Gasteiger partial charge on any atom is 0.305 e. The molecular weight excluding hydrogens is 272 g/mol. The van der Waals surface area contributed by atoms with E-state index in [2.05, 4.69) is 10.1 Å². The molecular formula is C15H20N2O4. The molecule has 3 N–H and O–H groups in total. The summed E-state index contributed by atoms with van der Waals surface area (Å²) < 4.78 is 4.43. The van der Waals surface area contributed by atoms with E-state index in [9.17, 15) is 14.4 Å². The molecule has 1 atom stereocenters. The van der Waals surface area contributed by atoms with E-state index in [4.69, 9.17) is 5.73 Å². The molecule has 0 saturated heterocycles. The fourth-order valence-corrected chi connectivity index (χ4v) is 1.71. The molecule has 6 nitrogen and oxygen atoms in total. The average molecular weight is 292 g/mol. The van der Waals surface area contributed by atoms with Crippen LogP contribution >= 0.6 is 0 Å². The molecule has 0 heterocycles. The van der Waals surface area contributed by atoms with E-state index < -0.39 is 12.0 Å². The number of esters is 1. The summed E-state index contributed by atoms with van der Waals surface area (Å²) in [6.07, 6.45) is 0.463. The van der Waals surface area contributed by atoms with Crippen LogP contribution in [0.5, 0.6) is 0 Å². The van der Waals surface area contributed by atoms with Crippen LogP contribution in [0, 0.1) is 0 Å². The van der Waals surface area contributed by atoms with E-state index in [1.165, 1.54) is 7.11 Å². The van der Waals surface area contributed by atoms with Gasteiger partial charge in [-0.1, -0.05) is 30.3 Å². The number of nitrogens with two attached hydrogens (primary N) is 1. The molecule has 0 bridgehead atoms. The van der Waals surface area contributed by atoms with Gasteiger partial charge in [-0.15, -0.1) is 0 Å². The lowest BCUT2D eigenvalue weighted by Crippen LogP contribution is -2.43. The molecule has 1 aromatic carbocycles. The first-order valence-corrected chi connectivity index (χ1v) is 6.68. The zero-order chi connectivity index (χ0) is 15.7. The normalized spacial score (nSPS) is 11.5. The summed E-state index contributed by atoms with van der Waals surface area (Å²) in [5.74, 6) is -1.07. The molecule has 0 aliphatic heterocycles. The highest BCUT2D eigenvalue weighted by molar-refractivity contribution is 5.89. The van der Waals surface area contributed by atoms with Gasteiger partial charge in [0.15, 0.2) is 5.78 Å². The number of Topliss-reactive ketones (excluding diaryl/α,β-unsaturated/α-hetero) is 1. The number of rotatable bonds is 8. The minimum atomic E-state index is -0.708. The summed E-state index contributed by atoms with van der Waals surface area (Å²) in [5.41, 5.74) is 6.74. The number of ether oxygens (including phenoxy) is 1. The minimum Gasteiger partial charge on any atom is -0.469 e. The molecule has 0 unspecified atom stereocenters. The van der Waals surface area contributed by atoms with Gasteiger partial charge in [-0.2, -0.15) is 0 Å². The van der Waals surface area contributed by atoms with Crippen molar-refractivity contribution < 1.29 is 19.1 Å². The van der Waals surface area contributed by atoms with Crippen molar-refractivity contribution in [2.75, 3.05) is 13.7 Å². The van der Waals surface area contributed by atoms with Gasteiger partial charge in [0, 0.05) is 6.42 Å². The van der Waals surface area contributed by atoms with Crippen LogP contribution in [-0.2, 0) is 25.5 Å². The van der Waals surface area contributed by atoms with Gasteiger partial charge in [-0.05, 0) is 12.0 Å². The Kier molecular flexibility index (Phi) is 7.11. The molecule has 0 saturated carbocycles.